The zero-order chi connectivity index (χ0) is 23.7. The fraction of sp³-hybridized carbons (Fsp3) is 0.0667. The molecule has 0 bridgehead atoms. The van der Waals surface area contributed by atoms with Crippen molar-refractivity contribution in [2.45, 2.75) is 13.8 Å². The van der Waals surface area contributed by atoms with E-state index in [2.05, 4.69) is 46.3 Å². The summed E-state index contributed by atoms with van der Waals surface area (Å²) in [6.45, 7) is 4.03. The van der Waals surface area contributed by atoms with Gasteiger partial charge in [-0.3, -0.25) is 4.79 Å². The van der Waals surface area contributed by atoms with Crippen LogP contribution < -0.4 is 5.32 Å². The van der Waals surface area contributed by atoms with Crippen molar-refractivity contribution in [2.75, 3.05) is 5.32 Å². The summed E-state index contributed by atoms with van der Waals surface area (Å²) in [6.07, 6.45) is 1.66. The van der Waals surface area contributed by atoms with Crippen LogP contribution in [0.5, 0.6) is 0 Å². The van der Waals surface area contributed by atoms with E-state index in [1.165, 1.54) is 5.39 Å². The maximum atomic E-state index is 12.9. The lowest BCUT2D eigenvalue weighted by atomic mass is 10.1. The van der Waals surface area contributed by atoms with Gasteiger partial charge in [0.05, 0.1) is 0 Å². The van der Waals surface area contributed by atoms with Crippen LogP contribution in [0.15, 0.2) is 96.6 Å². The Morgan fingerprint density at radius 2 is 1.44 bits per heavy atom. The number of fused-ring (bicyclic) bond motifs is 2. The molecule has 1 aromatic heterocycles. The monoisotopic (exact) mass is 441 g/mol. The van der Waals surface area contributed by atoms with Crippen LogP contribution in [0.3, 0.4) is 0 Å². The normalized spacial score (nSPS) is 11.5. The Bertz CT molecular complexity index is 1630. The van der Waals surface area contributed by atoms with Crippen LogP contribution in [0, 0.1) is 25.2 Å². The number of hydrogen-bond acceptors (Lipinski definition) is 2. The van der Waals surface area contributed by atoms with E-state index in [0.717, 1.165) is 38.8 Å². The molecule has 0 atom stereocenters. The molecule has 4 heteroatoms. The van der Waals surface area contributed by atoms with Crippen LogP contribution in [0.2, 0.25) is 0 Å². The van der Waals surface area contributed by atoms with E-state index in [-0.39, 0.29) is 5.57 Å². The van der Waals surface area contributed by atoms with Crippen molar-refractivity contribution in [3.63, 3.8) is 0 Å². The zero-order valence-electron chi connectivity index (χ0n) is 19.0. The maximum Gasteiger partial charge on any atom is 0.266 e. The number of rotatable bonds is 4. The van der Waals surface area contributed by atoms with Crippen molar-refractivity contribution < 1.29 is 4.79 Å². The molecule has 4 aromatic carbocycles. The molecule has 1 N–H and O–H groups in total. The summed E-state index contributed by atoms with van der Waals surface area (Å²) in [5, 5.41) is 17.1. The molecular weight excluding hydrogens is 418 g/mol. The first-order chi connectivity index (χ1) is 16.5. The molecule has 0 saturated heterocycles. The minimum absolute atomic E-state index is 0.0620. The molecule has 0 aliphatic heterocycles. The van der Waals surface area contributed by atoms with E-state index in [1.807, 2.05) is 74.5 Å². The van der Waals surface area contributed by atoms with Gasteiger partial charge in [-0.05, 0) is 77.4 Å². The van der Waals surface area contributed by atoms with E-state index in [0.29, 0.717) is 5.69 Å². The number of aryl methyl sites for hydroxylation is 1. The highest BCUT2D eigenvalue weighted by Crippen LogP contribution is 2.26. The Balaban J connectivity index is 1.46. The number of amides is 1. The Kier molecular flexibility index (Phi) is 5.45. The number of nitrogens with one attached hydrogen (secondary N) is 1. The zero-order valence-corrected chi connectivity index (χ0v) is 19.0. The van der Waals surface area contributed by atoms with Gasteiger partial charge in [-0.2, -0.15) is 5.26 Å². The average molecular weight is 442 g/mol. The Labute approximate surface area is 198 Å². The highest BCUT2D eigenvalue weighted by atomic mass is 16.1. The van der Waals surface area contributed by atoms with Crippen LogP contribution in [0.25, 0.3) is 33.3 Å². The fourth-order valence-electron chi connectivity index (χ4n) is 4.42. The van der Waals surface area contributed by atoms with Gasteiger partial charge in [0, 0.05) is 22.8 Å². The SMILES string of the molecule is Cc1cc(/C=C(/C#N)C(=O)Nc2ccc3ccccc3c2)c(C)n1-c1ccc2ccccc2c1. The number of hydrogen-bond donors (Lipinski definition) is 1. The molecule has 0 unspecified atom stereocenters. The molecule has 4 nitrogen and oxygen atoms in total. The quantitative estimate of drug-likeness (QED) is 0.242. The molecule has 0 aliphatic carbocycles. The van der Waals surface area contributed by atoms with Crippen molar-refractivity contribution >= 4 is 39.2 Å². The number of carbonyl (C=O) groups is 1. The van der Waals surface area contributed by atoms with Crippen LogP contribution in [0.4, 0.5) is 5.69 Å². The van der Waals surface area contributed by atoms with E-state index in [4.69, 9.17) is 0 Å². The third-order valence-corrected chi connectivity index (χ3v) is 6.13. The van der Waals surface area contributed by atoms with E-state index < -0.39 is 5.91 Å². The minimum atomic E-state index is -0.423. The van der Waals surface area contributed by atoms with E-state index in [9.17, 15) is 10.1 Å². The summed E-state index contributed by atoms with van der Waals surface area (Å²) < 4.78 is 2.15. The number of aromatic nitrogens is 1. The number of anilines is 1. The molecule has 34 heavy (non-hydrogen) atoms. The van der Waals surface area contributed by atoms with Gasteiger partial charge < -0.3 is 9.88 Å². The third-order valence-electron chi connectivity index (χ3n) is 6.13. The number of carbonyl (C=O) groups excluding carboxylic acids is 1. The molecule has 0 fully saturated rings. The van der Waals surface area contributed by atoms with Crippen molar-refractivity contribution in [1.82, 2.24) is 4.57 Å². The highest BCUT2D eigenvalue weighted by Gasteiger charge is 2.14. The summed E-state index contributed by atoms with van der Waals surface area (Å²) in [5.41, 5.74) is 4.62. The van der Waals surface area contributed by atoms with Gasteiger partial charge in [-0.15, -0.1) is 0 Å². The van der Waals surface area contributed by atoms with Crippen molar-refractivity contribution in [2.24, 2.45) is 0 Å². The standard InChI is InChI=1S/C30H23N3O/c1-20-15-26(21(2)33(20)29-14-12-23-8-4-6-10-25(23)18-29)16-27(19-31)30(34)32-28-13-11-22-7-3-5-9-24(22)17-28/h3-18H,1-2H3,(H,32,34)/b27-16-. The summed E-state index contributed by atoms with van der Waals surface area (Å²) >= 11 is 0. The first kappa shape index (κ1) is 21.2. The Morgan fingerprint density at radius 1 is 0.824 bits per heavy atom. The van der Waals surface area contributed by atoms with Gasteiger partial charge in [0.15, 0.2) is 0 Å². The van der Waals surface area contributed by atoms with Crippen LogP contribution >= 0.6 is 0 Å². The molecule has 0 spiro atoms. The molecule has 0 saturated carbocycles. The molecule has 5 rings (SSSR count). The van der Waals surface area contributed by atoms with Gasteiger partial charge in [-0.25, -0.2) is 0 Å². The largest absolute Gasteiger partial charge is 0.321 e. The Morgan fingerprint density at radius 3 is 2.12 bits per heavy atom. The van der Waals surface area contributed by atoms with Crippen LogP contribution in [-0.4, -0.2) is 10.5 Å². The van der Waals surface area contributed by atoms with E-state index in [1.54, 1.807) is 6.08 Å². The molecule has 1 amide bonds. The van der Waals surface area contributed by atoms with E-state index >= 15 is 0 Å². The minimum Gasteiger partial charge on any atom is -0.321 e. The average Bonchev–Trinajstić information content (AvgIpc) is 3.14. The number of nitrogens with zero attached hydrogens (tertiary/aromatic N) is 2. The second kappa shape index (κ2) is 8.73. The predicted molar refractivity (Wildman–Crippen MR) is 139 cm³/mol. The highest BCUT2D eigenvalue weighted by molar-refractivity contribution is 6.10. The summed E-state index contributed by atoms with van der Waals surface area (Å²) in [6, 6.07) is 32.3. The van der Waals surface area contributed by atoms with Crippen LogP contribution in [-0.2, 0) is 4.79 Å². The van der Waals surface area contributed by atoms with Crippen molar-refractivity contribution in [3.8, 4) is 11.8 Å². The number of benzene rings is 4. The lowest BCUT2D eigenvalue weighted by molar-refractivity contribution is -0.112. The summed E-state index contributed by atoms with van der Waals surface area (Å²) in [5.74, 6) is -0.423. The van der Waals surface area contributed by atoms with Gasteiger partial charge in [0.1, 0.15) is 11.6 Å². The Hall–Kier alpha value is -4.62. The smallest absolute Gasteiger partial charge is 0.266 e. The molecular formula is C30H23N3O. The molecule has 1 heterocycles. The van der Waals surface area contributed by atoms with Gasteiger partial charge in [0.25, 0.3) is 5.91 Å². The molecule has 164 valence electrons. The first-order valence-electron chi connectivity index (χ1n) is 11.1. The lowest BCUT2D eigenvalue weighted by Crippen LogP contribution is -2.13. The first-order valence-corrected chi connectivity index (χ1v) is 11.1. The fourth-order valence-corrected chi connectivity index (χ4v) is 4.42. The maximum absolute atomic E-state index is 12.9. The van der Waals surface area contributed by atoms with Crippen molar-refractivity contribution in [3.05, 3.63) is 114 Å². The second-order valence-electron chi connectivity index (χ2n) is 8.38. The molecule has 0 radical (unpaired) electrons. The van der Waals surface area contributed by atoms with Crippen LogP contribution in [0.1, 0.15) is 17.0 Å². The summed E-state index contributed by atoms with van der Waals surface area (Å²) in [4.78, 5) is 12.9. The van der Waals surface area contributed by atoms with Crippen molar-refractivity contribution in [1.29, 1.82) is 5.26 Å². The molecule has 5 aromatic rings. The third kappa shape index (κ3) is 3.96. The van der Waals surface area contributed by atoms with Gasteiger partial charge >= 0.3 is 0 Å². The summed E-state index contributed by atoms with van der Waals surface area (Å²) in [7, 11) is 0. The lowest BCUT2D eigenvalue weighted by Gasteiger charge is -2.11. The van der Waals surface area contributed by atoms with Gasteiger partial charge in [0.2, 0.25) is 0 Å². The topological polar surface area (TPSA) is 57.8 Å². The van der Waals surface area contributed by atoms with Gasteiger partial charge in [-0.1, -0.05) is 60.7 Å². The number of nitriles is 1. The second-order valence-corrected chi connectivity index (χ2v) is 8.38. The molecule has 0 aliphatic rings. The predicted octanol–water partition coefficient (Wildman–Crippen LogP) is 6.95.